The topological polar surface area (TPSA) is 15.3 Å². The molecule has 0 radical (unpaired) electrons. The van der Waals surface area contributed by atoms with Gasteiger partial charge < -0.3 is 5.32 Å². The Morgan fingerprint density at radius 2 is 2.26 bits per heavy atom. The molecule has 0 spiro atoms. The van der Waals surface area contributed by atoms with Crippen molar-refractivity contribution in [3.63, 3.8) is 0 Å². The SMILES string of the molecule is CC(c1cc(Br)cs1)N(CC1CC1)CC1CCCN1. The van der Waals surface area contributed by atoms with Crippen molar-refractivity contribution in [3.05, 3.63) is 20.8 Å². The molecule has 19 heavy (non-hydrogen) atoms. The van der Waals surface area contributed by atoms with Crippen LogP contribution in [0.25, 0.3) is 0 Å². The van der Waals surface area contributed by atoms with Crippen LogP contribution in [0.2, 0.25) is 0 Å². The Morgan fingerprint density at radius 3 is 2.84 bits per heavy atom. The van der Waals surface area contributed by atoms with Crippen molar-refractivity contribution in [1.82, 2.24) is 10.2 Å². The van der Waals surface area contributed by atoms with E-state index in [0.29, 0.717) is 12.1 Å². The van der Waals surface area contributed by atoms with Crippen LogP contribution in [0.3, 0.4) is 0 Å². The lowest BCUT2D eigenvalue weighted by molar-refractivity contribution is 0.186. The molecule has 0 bridgehead atoms. The fourth-order valence-corrected chi connectivity index (χ4v) is 4.48. The summed E-state index contributed by atoms with van der Waals surface area (Å²) < 4.78 is 1.23. The molecule has 0 aromatic carbocycles. The third-order valence-corrected chi connectivity index (χ3v) is 6.22. The zero-order valence-corrected chi connectivity index (χ0v) is 14.0. The summed E-state index contributed by atoms with van der Waals surface area (Å²) in [6, 6.07) is 3.56. The van der Waals surface area contributed by atoms with Crippen LogP contribution in [0.1, 0.15) is 43.5 Å². The molecule has 2 fully saturated rings. The molecule has 2 heterocycles. The standard InChI is InChI=1S/C15H23BrN2S/c1-11(15-7-13(16)10-19-15)18(8-12-4-5-12)9-14-3-2-6-17-14/h7,10-12,14,17H,2-6,8-9H2,1H3. The van der Waals surface area contributed by atoms with E-state index in [9.17, 15) is 0 Å². The highest BCUT2D eigenvalue weighted by Crippen LogP contribution is 2.35. The average Bonchev–Trinajstić information content (AvgIpc) is 2.89. The molecule has 1 aliphatic carbocycles. The second-order valence-electron chi connectivity index (χ2n) is 6.03. The van der Waals surface area contributed by atoms with Crippen molar-refractivity contribution in [1.29, 1.82) is 0 Å². The lowest BCUT2D eigenvalue weighted by atomic mass is 10.1. The van der Waals surface area contributed by atoms with Crippen LogP contribution in [-0.2, 0) is 0 Å². The van der Waals surface area contributed by atoms with Crippen molar-refractivity contribution in [2.24, 2.45) is 5.92 Å². The van der Waals surface area contributed by atoms with Crippen LogP contribution in [0.5, 0.6) is 0 Å². The number of hydrogen-bond acceptors (Lipinski definition) is 3. The van der Waals surface area contributed by atoms with Gasteiger partial charge in [-0.05, 0) is 67.1 Å². The lowest BCUT2D eigenvalue weighted by Crippen LogP contribution is -2.39. The van der Waals surface area contributed by atoms with Gasteiger partial charge >= 0.3 is 0 Å². The number of nitrogens with one attached hydrogen (secondary N) is 1. The molecule has 2 unspecified atom stereocenters. The predicted molar refractivity (Wildman–Crippen MR) is 85.8 cm³/mol. The highest BCUT2D eigenvalue weighted by molar-refractivity contribution is 9.10. The van der Waals surface area contributed by atoms with Crippen molar-refractivity contribution >= 4 is 27.3 Å². The fourth-order valence-electron chi connectivity index (χ4n) is 2.95. The summed E-state index contributed by atoms with van der Waals surface area (Å²) in [5.74, 6) is 0.965. The maximum atomic E-state index is 3.64. The summed E-state index contributed by atoms with van der Waals surface area (Å²) in [7, 11) is 0. The molecule has 106 valence electrons. The molecule has 1 saturated heterocycles. The molecule has 2 atom stereocenters. The largest absolute Gasteiger partial charge is 0.313 e. The maximum absolute atomic E-state index is 3.64. The van der Waals surface area contributed by atoms with Crippen molar-refractivity contribution in [2.75, 3.05) is 19.6 Å². The Hall–Kier alpha value is 0.1000. The molecule has 2 nitrogen and oxygen atoms in total. The average molecular weight is 343 g/mol. The third-order valence-electron chi connectivity index (χ3n) is 4.35. The van der Waals surface area contributed by atoms with E-state index in [0.717, 1.165) is 5.92 Å². The van der Waals surface area contributed by atoms with Gasteiger partial charge in [-0.25, -0.2) is 0 Å². The van der Waals surface area contributed by atoms with Crippen LogP contribution in [0.15, 0.2) is 15.9 Å². The van der Waals surface area contributed by atoms with Crippen LogP contribution < -0.4 is 5.32 Å². The zero-order chi connectivity index (χ0) is 13.2. The molecular weight excluding hydrogens is 320 g/mol. The second-order valence-corrected chi connectivity index (χ2v) is 7.89. The summed E-state index contributed by atoms with van der Waals surface area (Å²) in [6.07, 6.45) is 5.58. The smallest absolute Gasteiger partial charge is 0.0414 e. The molecular formula is C15H23BrN2S. The van der Waals surface area contributed by atoms with Gasteiger partial charge in [0, 0.05) is 39.9 Å². The van der Waals surface area contributed by atoms with Gasteiger partial charge in [0.2, 0.25) is 0 Å². The Bertz CT molecular complexity index is 410. The second kappa shape index (κ2) is 6.25. The molecule has 0 amide bonds. The van der Waals surface area contributed by atoms with Gasteiger partial charge in [0.25, 0.3) is 0 Å². The lowest BCUT2D eigenvalue weighted by Gasteiger charge is -2.31. The molecule has 1 N–H and O–H groups in total. The van der Waals surface area contributed by atoms with Gasteiger partial charge in [-0.15, -0.1) is 11.3 Å². The van der Waals surface area contributed by atoms with E-state index in [1.807, 2.05) is 11.3 Å². The monoisotopic (exact) mass is 342 g/mol. The first-order chi connectivity index (χ1) is 9.22. The molecule has 1 saturated carbocycles. The molecule has 2 aliphatic rings. The first-order valence-corrected chi connectivity index (χ1v) is 9.11. The highest BCUT2D eigenvalue weighted by atomic mass is 79.9. The number of rotatable bonds is 6. The van der Waals surface area contributed by atoms with Gasteiger partial charge in [0.1, 0.15) is 0 Å². The van der Waals surface area contributed by atoms with Crippen molar-refractivity contribution in [2.45, 2.75) is 44.7 Å². The summed E-state index contributed by atoms with van der Waals surface area (Å²) in [5, 5.41) is 5.85. The third kappa shape index (κ3) is 3.81. The van der Waals surface area contributed by atoms with Crippen LogP contribution in [-0.4, -0.2) is 30.6 Å². The number of halogens is 1. The summed E-state index contributed by atoms with van der Waals surface area (Å²) >= 11 is 5.46. The maximum Gasteiger partial charge on any atom is 0.0414 e. The van der Waals surface area contributed by atoms with E-state index in [2.05, 4.69) is 44.5 Å². The Balaban J connectivity index is 1.65. The van der Waals surface area contributed by atoms with E-state index < -0.39 is 0 Å². The molecule has 4 heteroatoms. The van der Waals surface area contributed by atoms with E-state index in [1.165, 1.54) is 54.7 Å². The molecule has 1 aromatic heterocycles. The van der Waals surface area contributed by atoms with E-state index in [-0.39, 0.29) is 0 Å². The minimum atomic E-state index is 0.555. The highest BCUT2D eigenvalue weighted by Gasteiger charge is 2.29. The Labute approximate surface area is 128 Å². The normalized spacial score (nSPS) is 25.1. The summed E-state index contributed by atoms with van der Waals surface area (Å²) in [4.78, 5) is 4.20. The molecule has 1 aliphatic heterocycles. The van der Waals surface area contributed by atoms with Crippen molar-refractivity contribution < 1.29 is 0 Å². The van der Waals surface area contributed by atoms with Crippen LogP contribution >= 0.6 is 27.3 Å². The summed E-state index contributed by atoms with van der Waals surface area (Å²) in [5.41, 5.74) is 0. The first kappa shape index (κ1) is 14.1. The Morgan fingerprint density at radius 1 is 1.42 bits per heavy atom. The molecule has 1 aromatic rings. The predicted octanol–water partition coefficient (Wildman–Crippen LogP) is 4.04. The van der Waals surface area contributed by atoms with Crippen molar-refractivity contribution in [3.8, 4) is 0 Å². The quantitative estimate of drug-likeness (QED) is 0.839. The van der Waals surface area contributed by atoms with Gasteiger partial charge in [0.05, 0.1) is 0 Å². The van der Waals surface area contributed by atoms with E-state index in [4.69, 9.17) is 0 Å². The van der Waals surface area contributed by atoms with Crippen LogP contribution in [0.4, 0.5) is 0 Å². The first-order valence-electron chi connectivity index (χ1n) is 7.43. The Kier molecular flexibility index (Phi) is 4.62. The zero-order valence-electron chi connectivity index (χ0n) is 11.6. The minimum absolute atomic E-state index is 0.555. The number of thiophene rings is 1. The van der Waals surface area contributed by atoms with Gasteiger partial charge in [0.15, 0.2) is 0 Å². The molecule has 3 rings (SSSR count). The minimum Gasteiger partial charge on any atom is -0.313 e. The summed E-state index contributed by atoms with van der Waals surface area (Å²) in [6.45, 7) is 6.08. The fraction of sp³-hybridized carbons (Fsp3) is 0.733. The van der Waals surface area contributed by atoms with Gasteiger partial charge in [-0.3, -0.25) is 4.90 Å². The van der Waals surface area contributed by atoms with Crippen LogP contribution in [0, 0.1) is 5.92 Å². The number of hydrogen-bond donors (Lipinski definition) is 1. The van der Waals surface area contributed by atoms with Gasteiger partial charge in [-0.1, -0.05) is 0 Å². The number of nitrogens with zero attached hydrogens (tertiary/aromatic N) is 1. The van der Waals surface area contributed by atoms with E-state index >= 15 is 0 Å². The van der Waals surface area contributed by atoms with Gasteiger partial charge in [-0.2, -0.15) is 0 Å². The van der Waals surface area contributed by atoms with E-state index in [1.54, 1.807) is 0 Å².